The van der Waals surface area contributed by atoms with E-state index in [1.54, 1.807) is 25.2 Å². The molecule has 1 saturated heterocycles. The van der Waals surface area contributed by atoms with Gasteiger partial charge in [-0.15, -0.1) is 0 Å². The Morgan fingerprint density at radius 2 is 2.04 bits per heavy atom. The molecule has 2 fully saturated rings. The second-order valence-corrected chi connectivity index (χ2v) is 7.44. The van der Waals surface area contributed by atoms with Crippen molar-refractivity contribution in [3.8, 4) is 11.5 Å². The molecular formula is C20H26F2N2O4. The van der Waals surface area contributed by atoms with Crippen molar-refractivity contribution in [2.24, 2.45) is 0 Å². The summed E-state index contributed by atoms with van der Waals surface area (Å²) in [5, 5.41) is 2.80. The second-order valence-electron chi connectivity index (χ2n) is 7.44. The van der Waals surface area contributed by atoms with E-state index < -0.39 is 12.0 Å². The zero-order chi connectivity index (χ0) is 20.3. The molecule has 0 bridgehead atoms. The normalized spacial score (nSPS) is 24.6. The van der Waals surface area contributed by atoms with Gasteiger partial charge in [-0.2, -0.15) is 0 Å². The number of benzene rings is 1. The van der Waals surface area contributed by atoms with E-state index in [-0.39, 0.29) is 37.2 Å². The Labute approximate surface area is 163 Å². The van der Waals surface area contributed by atoms with E-state index >= 15 is 0 Å². The van der Waals surface area contributed by atoms with Crippen LogP contribution in [-0.4, -0.2) is 48.9 Å². The Morgan fingerprint density at radius 1 is 1.25 bits per heavy atom. The third kappa shape index (κ3) is 4.72. The van der Waals surface area contributed by atoms with Crippen molar-refractivity contribution >= 4 is 17.5 Å². The number of carbonyl (C=O) groups is 2. The molecule has 1 N–H and O–H groups in total. The number of halogens is 2. The van der Waals surface area contributed by atoms with Gasteiger partial charge in [0.2, 0.25) is 17.7 Å². The number of likely N-dealkylation sites (tertiary alicyclic amines) is 1. The van der Waals surface area contributed by atoms with Gasteiger partial charge in [-0.3, -0.25) is 9.59 Å². The van der Waals surface area contributed by atoms with Gasteiger partial charge in [0.05, 0.1) is 18.9 Å². The minimum atomic E-state index is -2.62. The second kappa shape index (κ2) is 8.32. The summed E-state index contributed by atoms with van der Waals surface area (Å²) < 4.78 is 38.3. The molecule has 1 aliphatic heterocycles. The first-order chi connectivity index (χ1) is 13.3. The number of methoxy groups -OCH3 is 1. The van der Waals surface area contributed by atoms with Crippen LogP contribution < -0.4 is 14.8 Å². The number of hydrogen-bond donors (Lipinski definition) is 1. The van der Waals surface area contributed by atoms with Crippen molar-refractivity contribution in [1.29, 1.82) is 0 Å². The first-order valence-electron chi connectivity index (χ1n) is 9.58. The van der Waals surface area contributed by atoms with E-state index in [0.717, 1.165) is 0 Å². The third-order valence-corrected chi connectivity index (χ3v) is 5.43. The van der Waals surface area contributed by atoms with Crippen LogP contribution in [0.4, 0.5) is 14.5 Å². The van der Waals surface area contributed by atoms with Crippen molar-refractivity contribution in [3.63, 3.8) is 0 Å². The van der Waals surface area contributed by atoms with Crippen LogP contribution in [-0.2, 0) is 9.59 Å². The highest BCUT2D eigenvalue weighted by Gasteiger charge is 2.34. The van der Waals surface area contributed by atoms with Gasteiger partial charge >= 0.3 is 0 Å². The molecule has 1 aromatic carbocycles. The number of carbonyl (C=O) groups excluding carboxylic acids is 2. The van der Waals surface area contributed by atoms with E-state index in [4.69, 9.17) is 9.47 Å². The Morgan fingerprint density at radius 3 is 2.71 bits per heavy atom. The highest BCUT2D eigenvalue weighted by atomic mass is 19.3. The average Bonchev–Trinajstić information content (AvgIpc) is 2.88. The quantitative estimate of drug-likeness (QED) is 0.773. The number of amides is 2. The maximum Gasteiger partial charge on any atom is 0.248 e. The molecule has 154 valence electrons. The average molecular weight is 396 g/mol. The van der Waals surface area contributed by atoms with Gasteiger partial charge < -0.3 is 19.7 Å². The molecule has 1 heterocycles. The fraction of sp³-hybridized carbons (Fsp3) is 0.600. The summed E-state index contributed by atoms with van der Waals surface area (Å²) in [6, 6.07) is 4.48. The maximum absolute atomic E-state index is 13.5. The number of likely N-dealkylation sites (N-methyl/N-ethyl adjacent to an activating group) is 1. The van der Waals surface area contributed by atoms with E-state index in [1.807, 2.05) is 0 Å². The van der Waals surface area contributed by atoms with Crippen molar-refractivity contribution in [3.05, 3.63) is 18.2 Å². The smallest absolute Gasteiger partial charge is 0.248 e. The largest absolute Gasteiger partial charge is 0.495 e. The van der Waals surface area contributed by atoms with Crippen molar-refractivity contribution in [1.82, 2.24) is 4.90 Å². The number of nitrogens with zero attached hydrogens (tertiary/aromatic N) is 1. The molecule has 1 unspecified atom stereocenters. The maximum atomic E-state index is 13.5. The van der Waals surface area contributed by atoms with Gasteiger partial charge in [-0.05, 0) is 37.8 Å². The van der Waals surface area contributed by atoms with Gasteiger partial charge in [0.1, 0.15) is 17.5 Å². The van der Waals surface area contributed by atoms with Crippen LogP contribution in [0, 0.1) is 0 Å². The van der Waals surface area contributed by atoms with Crippen LogP contribution >= 0.6 is 0 Å². The Balaban J connectivity index is 1.69. The van der Waals surface area contributed by atoms with Gasteiger partial charge in [0, 0.05) is 32.4 Å². The molecule has 2 aliphatic rings. The highest BCUT2D eigenvalue weighted by molar-refractivity contribution is 5.99. The molecule has 1 aliphatic carbocycles. The van der Waals surface area contributed by atoms with Crippen LogP contribution in [0.15, 0.2) is 18.2 Å². The van der Waals surface area contributed by atoms with Gasteiger partial charge in [-0.1, -0.05) is 0 Å². The minimum absolute atomic E-state index is 0.0608. The van der Waals surface area contributed by atoms with Crippen LogP contribution in [0.3, 0.4) is 0 Å². The standard InChI is InChI=1S/C20H26F2N2O4/c1-24-16(6-8-18(24)25)19(26)23-15-12-14(5-7-17(15)27-2)28-13-4-3-10-20(21,22)11-9-13/h5,7,12-13,16H,3-4,6,8-11H2,1-2H3,(H,23,26)/t13?,16-/m0/s1. The first kappa shape index (κ1) is 20.4. The fourth-order valence-corrected chi connectivity index (χ4v) is 3.73. The molecule has 0 radical (unpaired) electrons. The van der Waals surface area contributed by atoms with Crippen LogP contribution in [0.1, 0.15) is 44.9 Å². The van der Waals surface area contributed by atoms with Crippen molar-refractivity contribution in [2.45, 2.75) is 63.0 Å². The lowest BCUT2D eigenvalue weighted by molar-refractivity contribution is -0.131. The molecule has 2 atom stereocenters. The van der Waals surface area contributed by atoms with Gasteiger partial charge in [0.15, 0.2) is 0 Å². The molecule has 8 heteroatoms. The summed E-state index contributed by atoms with van der Waals surface area (Å²) in [4.78, 5) is 25.7. The molecular weight excluding hydrogens is 370 g/mol. The third-order valence-electron chi connectivity index (χ3n) is 5.43. The van der Waals surface area contributed by atoms with Crippen LogP contribution in [0.5, 0.6) is 11.5 Å². The molecule has 6 nitrogen and oxygen atoms in total. The lowest BCUT2D eigenvalue weighted by Crippen LogP contribution is -2.38. The van der Waals surface area contributed by atoms with E-state index in [9.17, 15) is 18.4 Å². The Bertz CT molecular complexity index is 741. The lowest BCUT2D eigenvalue weighted by atomic mass is 10.1. The molecule has 1 aromatic rings. The first-order valence-corrected chi connectivity index (χ1v) is 9.58. The van der Waals surface area contributed by atoms with E-state index in [0.29, 0.717) is 42.9 Å². The summed E-state index contributed by atoms with van der Waals surface area (Å²) in [7, 11) is 3.10. The van der Waals surface area contributed by atoms with Gasteiger partial charge in [-0.25, -0.2) is 8.78 Å². The SMILES string of the molecule is COc1ccc(OC2CCCC(F)(F)CC2)cc1NC(=O)[C@@H]1CCC(=O)N1C. The summed E-state index contributed by atoms with van der Waals surface area (Å²) in [5.74, 6) is -2.03. The van der Waals surface area contributed by atoms with Crippen molar-refractivity contribution < 1.29 is 27.8 Å². The Hall–Kier alpha value is -2.38. The van der Waals surface area contributed by atoms with Gasteiger partial charge in [0.25, 0.3) is 0 Å². The molecule has 3 rings (SSSR count). The lowest BCUT2D eigenvalue weighted by Gasteiger charge is -2.21. The molecule has 1 saturated carbocycles. The molecule has 28 heavy (non-hydrogen) atoms. The number of ether oxygens (including phenoxy) is 2. The monoisotopic (exact) mass is 396 g/mol. The van der Waals surface area contributed by atoms with Crippen LogP contribution in [0.2, 0.25) is 0 Å². The zero-order valence-corrected chi connectivity index (χ0v) is 16.2. The highest BCUT2D eigenvalue weighted by Crippen LogP contribution is 2.35. The minimum Gasteiger partial charge on any atom is -0.495 e. The predicted octanol–water partition coefficient (Wildman–Crippen LogP) is 3.60. The molecule has 2 amide bonds. The Kier molecular flexibility index (Phi) is 6.05. The number of nitrogens with one attached hydrogen (secondary N) is 1. The summed E-state index contributed by atoms with van der Waals surface area (Å²) in [6.45, 7) is 0. The van der Waals surface area contributed by atoms with E-state index in [1.165, 1.54) is 12.0 Å². The van der Waals surface area contributed by atoms with E-state index in [2.05, 4.69) is 5.32 Å². The predicted molar refractivity (Wildman–Crippen MR) is 99.9 cm³/mol. The van der Waals surface area contributed by atoms with Crippen LogP contribution in [0.25, 0.3) is 0 Å². The number of alkyl halides is 2. The number of anilines is 1. The number of hydrogen-bond acceptors (Lipinski definition) is 4. The summed E-state index contributed by atoms with van der Waals surface area (Å²) >= 11 is 0. The van der Waals surface area contributed by atoms with Crippen molar-refractivity contribution in [2.75, 3.05) is 19.5 Å². The number of rotatable bonds is 5. The topological polar surface area (TPSA) is 67.9 Å². The summed E-state index contributed by atoms with van der Waals surface area (Å²) in [5.41, 5.74) is 0.428. The molecule has 0 spiro atoms. The fourth-order valence-electron chi connectivity index (χ4n) is 3.73. The summed E-state index contributed by atoms with van der Waals surface area (Å²) in [6.07, 6.45) is 1.51. The molecule has 0 aromatic heterocycles. The zero-order valence-electron chi connectivity index (χ0n) is 16.2.